The first kappa shape index (κ1) is 25.2. The van der Waals surface area contributed by atoms with E-state index in [0.717, 1.165) is 16.7 Å². The number of carbonyl (C=O) groups is 1. The van der Waals surface area contributed by atoms with E-state index >= 15 is 0 Å². The summed E-state index contributed by atoms with van der Waals surface area (Å²) in [5, 5.41) is 18.4. The normalized spacial score (nSPS) is 10.6. The number of aromatic nitrogens is 2. The van der Waals surface area contributed by atoms with Crippen molar-refractivity contribution in [2.45, 2.75) is 13.7 Å². The molecule has 0 spiro atoms. The van der Waals surface area contributed by atoms with Crippen molar-refractivity contribution in [2.75, 3.05) is 5.32 Å². The third-order valence-electron chi connectivity index (χ3n) is 5.78. The zero-order valence-corrected chi connectivity index (χ0v) is 21.0. The molecule has 0 atom stereocenters. The average molecular weight is 521 g/mol. The van der Waals surface area contributed by atoms with E-state index in [1.807, 2.05) is 79.7 Å². The van der Waals surface area contributed by atoms with Crippen LogP contribution in [0.4, 0.5) is 11.4 Å². The van der Waals surface area contributed by atoms with Gasteiger partial charge in [0.05, 0.1) is 16.7 Å². The van der Waals surface area contributed by atoms with Crippen molar-refractivity contribution < 1.29 is 19.2 Å². The van der Waals surface area contributed by atoms with Crippen LogP contribution in [-0.4, -0.2) is 20.6 Å². The molecule has 0 saturated carbocycles. The van der Waals surface area contributed by atoms with Crippen LogP contribution in [0.25, 0.3) is 11.1 Å². The molecule has 1 aromatic heterocycles. The second-order valence-corrected chi connectivity index (χ2v) is 8.75. The molecule has 9 nitrogen and oxygen atoms in total. The highest BCUT2D eigenvalue weighted by atomic mass is 16.6. The van der Waals surface area contributed by atoms with Gasteiger partial charge in [0.25, 0.3) is 11.6 Å². The van der Waals surface area contributed by atoms with Gasteiger partial charge in [-0.2, -0.15) is 5.10 Å². The fourth-order valence-corrected chi connectivity index (χ4v) is 3.90. The van der Waals surface area contributed by atoms with Gasteiger partial charge in [-0.25, -0.2) is 4.68 Å². The summed E-state index contributed by atoms with van der Waals surface area (Å²) in [6, 6.07) is 30.6. The molecule has 0 aliphatic carbocycles. The lowest BCUT2D eigenvalue weighted by Gasteiger charge is -2.09. The minimum atomic E-state index is -0.544. The highest BCUT2D eigenvalue weighted by Gasteiger charge is 2.16. The molecule has 0 unspecified atom stereocenters. The van der Waals surface area contributed by atoms with E-state index in [2.05, 4.69) is 10.4 Å². The van der Waals surface area contributed by atoms with Gasteiger partial charge >= 0.3 is 0 Å². The number of nitro groups is 1. The van der Waals surface area contributed by atoms with Gasteiger partial charge in [-0.1, -0.05) is 54.6 Å². The predicted octanol–water partition coefficient (Wildman–Crippen LogP) is 6.85. The molecule has 5 rings (SSSR count). The molecule has 0 aliphatic heterocycles. The van der Waals surface area contributed by atoms with E-state index in [9.17, 15) is 14.9 Å². The van der Waals surface area contributed by atoms with Crippen molar-refractivity contribution in [1.29, 1.82) is 0 Å². The number of anilines is 1. The van der Waals surface area contributed by atoms with Crippen molar-refractivity contribution in [3.8, 4) is 28.4 Å². The quantitative estimate of drug-likeness (QED) is 0.168. The second-order valence-electron chi connectivity index (χ2n) is 8.75. The summed E-state index contributed by atoms with van der Waals surface area (Å²) in [6.07, 6.45) is 1.62. The molecule has 194 valence electrons. The molecule has 0 bridgehead atoms. The molecule has 1 heterocycles. The maximum atomic E-state index is 12.8. The first-order valence-corrected chi connectivity index (χ1v) is 12.1. The Hall–Kier alpha value is -5.44. The van der Waals surface area contributed by atoms with Gasteiger partial charge in [-0.15, -0.1) is 0 Å². The molecule has 0 saturated heterocycles. The Balaban J connectivity index is 1.23. The highest BCUT2D eigenvalue weighted by molar-refractivity contribution is 6.03. The lowest BCUT2D eigenvalue weighted by Crippen LogP contribution is -2.14. The van der Waals surface area contributed by atoms with Crippen molar-refractivity contribution in [1.82, 2.24) is 9.78 Å². The van der Waals surface area contributed by atoms with Gasteiger partial charge in [0.2, 0.25) is 0 Å². The minimum Gasteiger partial charge on any atom is -0.471 e. The zero-order chi connectivity index (χ0) is 27.2. The lowest BCUT2D eigenvalue weighted by atomic mass is 10.1. The van der Waals surface area contributed by atoms with Crippen molar-refractivity contribution in [3.63, 3.8) is 0 Å². The number of non-ortho nitro benzene ring substituents is 1. The molecule has 39 heavy (non-hydrogen) atoms. The van der Waals surface area contributed by atoms with E-state index in [4.69, 9.17) is 9.47 Å². The van der Waals surface area contributed by atoms with E-state index in [1.165, 1.54) is 22.9 Å². The summed E-state index contributed by atoms with van der Waals surface area (Å²) >= 11 is 0. The third kappa shape index (κ3) is 6.47. The van der Waals surface area contributed by atoms with Crippen molar-refractivity contribution >= 4 is 17.3 Å². The Morgan fingerprint density at radius 1 is 0.872 bits per heavy atom. The number of nitro benzene ring substituents is 1. The van der Waals surface area contributed by atoms with Crippen LogP contribution in [0.3, 0.4) is 0 Å². The standard InChI is InChI=1S/C30H24N4O5/c1-21-6-5-9-27(16-21)39-28-18-24(17-25(19-28)34(36)37)31-30(35)29-14-15-33(32-29)20-38-26-12-10-23(11-13-26)22-7-3-2-4-8-22/h2-19H,20H2,1H3,(H,31,35). The number of nitrogens with zero attached hydrogens (tertiary/aromatic N) is 3. The van der Waals surface area contributed by atoms with Gasteiger partial charge in [0, 0.05) is 18.3 Å². The fraction of sp³-hybridized carbons (Fsp3) is 0.0667. The van der Waals surface area contributed by atoms with Crippen LogP contribution >= 0.6 is 0 Å². The van der Waals surface area contributed by atoms with Crippen LogP contribution in [0.1, 0.15) is 16.1 Å². The Kier molecular flexibility index (Phi) is 7.31. The van der Waals surface area contributed by atoms with Gasteiger partial charge in [0.15, 0.2) is 12.4 Å². The summed E-state index contributed by atoms with van der Waals surface area (Å²) in [7, 11) is 0. The molecule has 4 aromatic carbocycles. The van der Waals surface area contributed by atoms with Crippen molar-refractivity contribution in [2.24, 2.45) is 0 Å². The van der Waals surface area contributed by atoms with Crippen molar-refractivity contribution in [3.05, 3.63) is 131 Å². The van der Waals surface area contributed by atoms with E-state index in [1.54, 1.807) is 18.3 Å². The Bertz CT molecular complexity index is 1610. The molecule has 1 amide bonds. The molecular formula is C30H24N4O5. The maximum Gasteiger partial charge on any atom is 0.276 e. The first-order chi connectivity index (χ1) is 18.9. The van der Waals surface area contributed by atoms with E-state index in [-0.39, 0.29) is 29.5 Å². The van der Waals surface area contributed by atoms with Crippen LogP contribution in [0.15, 0.2) is 109 Å². The zero-order valence-electron chi connectivity index (χ0n) is 21.0. The first-order valence-electron chi connectivity index (χ1n) is 12.1. The second kappa shape index (κ2) is 11.3. The summed E-state index contributed by atoms with van der Waals surface area (Å²) in [4.78, 5) is 23.7. The number of ether oxygens (including phenoxy) is 2. The number of aryl methyl sites for hydroxylation is 1. The Morgan fingerprint density at radius 3 is 2.38 bits per heavy atom. The lowest BCUT2D eigenvalue weighted by molar-refractivity contribution is -0.384. The third-order valence-corrected chi connectivity index (χ3v) is 5.78. The smallest absolute Gasteiger partial charge is 0.276 e. The molecule has 0 fully saturated rings. The summed E-state index contributed by atoms with van der Waals surface area (Å²) in [5.41, 5.74) is 3.30. The fourth-order valence-electron chi connectivity index (χ4n) is 3.90. The average Bonchev–Trinajstić information content (AvgIpc) is 3.42. The maximum absolute atomic E-state index is 12.8. The van der Waals surface area contributed by atoms with Crippen LogP contribution in [0.2, 0.25) is 0 Å². The van der Waals surface area contributed by atoms with Gasteiger partial charge < -0.3 is 14.8 Å². The van der Waals surface area contributed by atoms with E-state index in [0.29, 0.717) is 11.5 Å². The van der Waals surface area contributed by atoms with Crippen LogP contribution in [-0.2, 0) is 6.73 Å². The number of rotatable bonds is 9. The number of carbonyl (C=O) groups excluding carboxylic acids is 1. The minimum absolute atomic E-state index is 0.100. The Labute approximate surface area is 224 Å². The molecule has 1 N–H and O–H groups in total. The van der Waals surface area contributed by atoms with E-state index < -0.39 is 10.8 Å². The summed E-state index contributed by atoms with van der Waals surface area (Å²) < 4.78 is 13.1. The molecule has 0 radical (unpaired) electrons. The SMILES string of the molecule is Cc1cccc(Oc2cc(NC(=O)c3ccn(COc4ccc(-c5ccccc5)cc4)n3)cc([N+](=O)[O-])c2)c1. The van der Waals surface area contributed by atoms with Gasteiger partial charge in [-0.3, -0.25) is 14.9 Å². The molecule has 5 aromatic rings. The van der Waals surface area contributed by atoms with Gasteiger partial charge in [-0.05, 0) is 53.9 Å². The van der Waals surface area contributed by atoms with Crippen LogP contribution in [0, 0.1) is 17.0 Å². The summed E-state index contributed by atoms with van der Waals surface area (Å²) in [5.74, 6) is 0.889. The van der Waals surface area contributed by atoms with Gasteiger partial charge in [0.1, 0.15) is 17.2 Å². The molecule has 9 heteroatoms. The number of benzene rings is 4. The predicted molar refractivity (Wildman–Crippen MR) is 147 cm³/mol. The van der Waals surface area contributed by atoms with Crippen LogP contribution in [0.5, 0.6) is 17.2 Å². The number of hydrogen-bond acceptors (Lipinski definition) is 6. The van der Waals surface area contributed by atoms with Crippen LogP contribution < -0.4 is 14.8 Å². The number of amides is 1. The molecule has 0 aliphatic rings. The topological polar surface area (TPSA) is 109 Å². The molecular weight excluding hydrogens is 496 g/mol. The highest BCUT2D eigenvalue weighted by Crippen LogP contribution is 2.30. The number of nitrogens with one attached hydrogen (secondary N) is 1. The largest absolute Gasteiger partial charge is 0.471 e. The monoisotopic (exact) mass is 520 g/mol. The Morgan fingerprint density at radius 2 is 1.64 bits per heavy atom. The number of hydrogen-bond donors (Lipinski definition) is 1. The summed E-state index contributed by atoms with van der Waals surface area (Å²) in [6.45, 7) is 2.01.